The summed E-state index contributed by atoms with van der Waals surface area (Å²) in [7, 11) is 0. The van der Waals surface area contributed by atoms with Gasteiger partial charge in [0.15, 0.2) is 0 Å². The van der Waals surface area contributed by atoms with Crippen molar-refractivity contribution in [3.8, 4) is 11.5 Å². The molecular weight excluding hydrogens is 414 g/mol. The van der Waals surface area contributed by atoms with Crippen LogP contribution < -0.4 is 14.8 Å². The van der Waals surface area contributed by atoms with Gasteiger partial charge in [0, 0.05) is 25.1 Å². The van der Waals surface area contributed by atoms with Crippen molar-refractivity contribution in [2.24, 2.45) is 5.92 Å². The lowest BCUT2D eigenvalue weighted by molar-refractivity contribution is -0.274. The smallest absolute Gasteiger partial charge is 0.485 e. The van der Waals surface area contributed by atoms with Crippen LogP contribution in [-0.4, -0.2) is 19.5 Å². The molecule has 1 aliphatic rings. The minimum Gasteiger partial charge on any atom is -0.485 e. The third-order valence-corrected chi connectivity index (χ3v) is 4.55. The second-order valence-electron chi connectivity index (χ2n) is 5.65. The highest BCUT2D eigenvalue weighted by Crippen LogP contribution is 2.35. The molecule has 1 saturated heterocycles. The molecule has 3 rings (SSSR count). The molecule has 0 spiro atoms. The van der Waals surface area contributed by atoms with Gasteiger partial charge < -0.3 is 14.8 Å². The Hall–Kier alpha value is -1.34. The van der Waals surface area contributed by atoms with Crippen LogP contribution in [0.2, 0.25) is 10.0 Å². The van der Waals surface area contributed by atoms with Crippen molar-refractivity contribution in [1.82, 2.24) is 5.32 Å². The van der Waals surface area contributed by atoms with Crippen molar-refractivity contribution >= 4 is 35.6 Å². The van der Waals surface area contributed by atoms with E-state index in [0.29, 0.717) is 10.0 Å². The number of benzene rings is 2. The van der Waals surface area contributed by atoms with E-state index < -0.39 is 6.36 Å². The van der Waals surface area contributed by atoms with Gasteiger partial charge in [-0.05, 0) is 29.8 Å². The summed E-state index contributed by atoms with van der Waals surface area (Å²) in [6, 6.07) is 10.6. The molecule has 1 N–H and O–H groups in total. The molecule has 26 heavy (non-hydrogen) atoms. The molecule has 0 amide bonds. The minimum absolute atomic E-state index is 0. The first-order valence-electron chi connectivity index (χ1n) is 7.50. The maximum absolute atomic E-state index is 12.4. The van der Waals surface area contributed by atoms with Crippen LogP contribution in [0.5, 0.6) is 11.5 Å². The molecule has 0 radical (unpaired) electrons. The van der Waals surface area contributed by atoms with Gasteiger partial charge in [0.2, 0.25) is 0 Å². The fourth-order valence-electron chi connectivity index (χ4n) is 2.54. The summed E-state index contributed by atoms with van der Waals surface area (Å²) in [6.45, 7) is 1.48. The molecule has 0 bridgehead atoms. The maximum Gasteiger partial charge on any atom is 0.573 e. The Kier molecular flexibility index (Phi) is 6.91. The minimum atomic E-state index is -4.75. The fourth-order valence-corrected chi connectivity index (χ4v) is 2.85. The number of alkyl halides is 3. The molecule has 1 atom stereocenters. The van der Waals surface area contributed by atoms with Crippen molar-refractivity contribution in [1.29, 1.82) is 0 Å². The van der Waals surface area contributed by atoms with E-state index in [2.05, 4.69) is 10.1 Å². The highest BCUT2D eigenvalue weighted by molar-refractivity contribution is 6.42. The summed E-state index contributed by atoms with van der Waals surface area (Å²) in [5, 5.41) is 3.98. The van der Waals surface area contributed by atoms with E-state index in [0.717, 1.165) is 18.7 Å². The summed E-state index contributed by atoms with van der Waals surface area (Å²) in [4.78, 5) is 0. The van der Waals surface area contributed by atoms with Gasteiger partial charge in [-0.2, -0.15) is 0 Å². The van der Waals surface area contributed by atoms with Gasteiger partial charge in [-0.15, -0.1) is 25.6 Å². The first kappa shape index (κ1) is 21.0. The molecule has 2 aromatic carbocycles. The van der Waals surface area contributed by atoms with Crippen LogP contribution in [0.3, 0.4) is 0 Å². The van der Waals surface area contributed by atoms with E-state index in [9.17, 15) is 13.2 Å². The summed E-state index contributed by atoms with van der Waals surface area (Å²) in [5.74, 6) is 0.124. The van der Waals surface area contributed by atoms with E-state index in [4.69, 9.17) is 27.9 Å². The molecule has 2 aromatic rings. The van der Waals surface area contributed by atoms with Gasteiger partial charge >= 0.3 is 6.36 Å². The predicted molar refractivity (Wildman–Crippen MR) is 96.6 cm³/mol. The lowest BCUT2D eigenvalue weighted by Gasteiger charge is -2.35. The molecule has 3 nitrogen and oxygen atoms in total. The first-order valence-corrected chi connectivity index (χ1v) is 8.25. The second kappa shape index (κ2) is 8.57. The third-order valence-electron chi connectivity index (χ3n) is 3.82. The van der Waals surface area contributed by atoms with Crippen LogP contribution in [0.4, 0.5) is 13.2 Å². The zero-order valence-electron chi connectivity index (χ0n) is 13.2. The van der Waals surface area contributed by atoms with E-state index in [1.54, 1.807) is 24.3 Å². The lowest BCUT2D eigenvalue weighted by Crippen LogP contribution is -2.46. The number of halogens is 6. The van der Waals surface area contributed by atoms with E-state index in [1.807, 2.05) is 0 Å². The SMILES string of the molecule is Cl.FC(F)(F)Oc1cccc(O[C@H](c2ccc(Cl)c(Cl)c2)C2CNC2)c1. The van der Waals surface area contributed by atoms with Crippen LogP contribution in [0.1, 0.15) is 11.7 Å². The van der Waals surface area contributed by atoms with Gasteiger partial charge in [0.05, 0.1) is 10.0 Å². The Balaban J connectivity index is 0.00000243. The van der Waals surface area contributed by atoms with Gasteiger partial charge in [-0.3, -0.25) is 0 Å². The van der Waals surface area contributed by atoms with Gasteiger partial charge in [0.25, 0.3) is 0 Å². The average molecular weight is 429 g/mol. The molecule has 9 heteroatoms. The topological polar surface area (TPSA) is 30.5 Å². The summed E-state index contributed by atoms with van der Waals surface area (Å²) in [6.07, 6.45) is -5.11. The zero-order chi connectivity index (χ0) is 18.0. The molecule has 0 saturated carbocycles. The molecule has 0 aromatic heterocycles. The van der Waals surface area contributed by atoms with Gasteiger partial charge in [-0.25, -0.2) is 0 Å². The highest BCUT2D eigenvalue weighted by atomic mass is 35.5. The van der Waals surface area contributed by atoms with Crippen molar-refractivity contribution in [2.45, 2.75) is 12.5 Å². The Morgan fingerprint density at radius 2 is 1.69 bits per heavy atom. The van der Waals surface area contributed by atoms with Crippen molar-refractivity contribution in [2.75, 3.05) is 13.1 Å². The van der Waals surface area contributed by atoms with Crippen LogP contribution in [0, 0.1) is 5.92 Å². The molecule has 0 aliphatic carbocycles. The molecular formula is C17H15Cl3F3NO2. The lowest BCUT2D eigenvalue weighted by atomic mass is 9.91. The Morgan fingerprint density at radius 1 is 1.00 bits per heavy atom. The molecule has 142 valence electrons. The van der Waals surface area contributed by atoms with Crippen LogP contribution >= 0.6 is 35.6 Å². The zero-order valence-corrected chi connectivity index (χ0v) is 15.6. The van der Waals surface area contributed by atoms with Crippen LogP contribution in [0.25, 0.3) is 0 Å². The Morgan fingerprint density at radius 3 is 2.27 bits per heavy atom. The predicted octanol–water partition coefficient (Wildman–Crippen LogP) is 5.65. The van der Waals surface area contributed by atoms with E-state index >= 15 is 0 Å². The first-order chi connectivity index (χ1) is 11.8. The van der Waals surface area contributed by atoms with Crippen LogP contribution in [0.15, 0.2) is 42.5 Å². The van der Waals surface area contributed by atoms with Crippen molar-refractivity contribution in [3.63, 3.8) is 0 Å². The monoisotopic (exact) mass is 427 g/mol. The van der Waals surface area contributed by atoms with Crippen molar-refractivity contribution in [3.05, 3.63) is 58.1 Å². The number of hydrogen-bond donors (Lipinski definition) is 1. The normalized spacial score (nSPS) is 15.6. The molecule has 1 heterocycles. The fraction of sp³-hybridized carbons (Fsp3) is 0.294. The quantitative estimate of drug-likeness (QED) is 0.667. The Labute approximate surface area is 164 Å². The largest absolute Gasteiger partial charge is 0.573 e. The third kappa shape index (κ3) is 5.33. The van der Waals surface area contributed by atoms with Crippen molar-refractivity contribution < 1.29 is 22.6 Å². The number of ether oxygens (including phenoxy) is 2. The van der Waals surface area contributed by atoms with E-state index in [-0.39, 0.29) is 35.9 Å². The number of hydrogen-bond acceptors (Lipinski definition) is 3. The Bertz CT molecular complexity index is 754. The summed E-state index contributed by atoms with van der Waals surface area (Å²) in [5.41, 5.74) is 0.808. The average Bonchev–Trinajstić information content (AvgIpc) is 2.46. The van der Waals surface area contributed by atoms with Gasteiger partial charge in [-0.1, -0.05) is 35.3 Å². The summed E-state index contributed by atoms with van der Waals surface area (Å²) < 4.78 is 47.0. The number of nitrogens with one attached hydrogen (secondary N) is 1. The van der Waals surface area contributed by atoms with E-state index in [1.165, 1.54) is 18.2 Å². The standard InChI is InChI=1S/C17H14Cl2F3NO2.ClH/c18-14-5-4-10(6-15(14)19)16(11-8-23-9-11)24-12-2-1-3-13(7-12)25-17(20,21)22;/h1-7,11,16,23H,8-9H2;1H/t16-;/m1./s1. The molecule has 1 aliphatic heterocycles. The molecule has 0 unspecified atom stereocenters. The summed E-state index contributed by atoms with van der Waals surface area (Å²) >= 11 is 12.0. The maximum atomic E-state index is 12.4. The highest BCUT2D eigenvalue weighted by Gasteiger charge is 2.32. The van der Waals surface area contributed by atoms with Crippen LogP contribution in [-0.2, 0) is 0 Å². The number of rotatable bonds is 5. The molecule has 1 fully saturated rings. The second-order valence-corrected chi connectivity index (χ2v) is 6.47. The van der Waals surface area contributed by atoms with Gasteiger partial charge in [0.1, 0.15) is 17.6 Å².